The minimum atomic E-state index is 0.176. The number of rotatable bonds is 5. The minimum absolute atomic E-state index is 0.176. The highest BCUT2D eigenvalue weighted by atomic mass is 14.9. The van der Waals surface area contributed by atoms with Gasteiger partial charge in [-0.15, -0.1) is 0 Å². The third kappa shape index (κ3) is 3.32. The van der Waals surface area contributed by atoms with Crippen molar-refractivity contribution in [1.82, 2.24) is 5.32 Å². The zero-order chi connectivity index (χ0) is 11.2. The molecule has 0 heterocycles. The van der Waals surface area contributed by atoms with Crippen LogP contribution in [0, 0.1) is 0 Å². The first-order chi connectivity index (χ1) is 7.86. The SMILES string of the molecule is NC(CCNC1CCCC1)c1ccccc1. The van der Waals surface area contributed by atoms with E-state index in [0.29, 0.717) is 0 Å². The fourth-order valence-corrected chi connectivity index (χ4v) is 2.44. The number of nitrogens with one attached hydrogen (secondary N) is 1. The van der Waals surface area contributed by atoms with Gasteiger partial charge in [0.05, 0.1) is 0 Å². The molecule has 88 valence electrons. The Morgan fingerprint density at radius 3 is 2.56 bits per heavy atom. The highest BCUT2D eigenvalue weighted by Crippen LogP contribution is 2.18. The highest BCUT2D eigenvalue weighted by Gasteiger charge is 2.14. The summed E-state index contributed by atoms with van der Waals surface area (Å²) < 4.78 is 0. The van der Waals surface area contributed by atoms with Crippen molar-refractivity contribution in [1.29, 1.82) is 0 Å². The Morgan fingerprint density at radius 1 is 1.19 bits per heavy atom. The van der Waals surface area contributed by atoms with Gasteiger partial charge in [0.15, 0.2) is 0 Å². The van der Waals surface area contributed by atoms with Gasteiger partial charge in [0.25, 0.3) is 0 Å². The van der Waals surface area contributed by atoms with Crippen molar-refractivity contribution in [3.63, 3.8) is 0 Å². The van der Waals surface area contributed by atoms with E-state index < -0.39 is 0 Å². The van der Waals surface area contributed by atoms with Crippen LogP contribution in [0.1, 0.15) is 43.7 Å². The topological polar surface area (TPSA) is 38.0 Å². The maximum Gasteiger partial charge on any atom is 0.0306 e. The minimum Gasteiger partial charge on any atom is -0.324 e. The largest absolute Gasteiger partial charge is 0.324 e. The number of hydrogen-bond acceptors (Lipinski definition) is 2. The van der Waals surface area contributed by atoms with E-state index in [4.69, 9.17) is 5.73 Å². The van der Waals surface area contributed by atoms with Crippen molar-refractivity contribution < 1.29 is 0 Å². The van der Waals surface area contributed by atoms with Crippen molar-refractivity contribution in [3.8, 4) is 0 Å². The Morgan fingerprint density at radius 2 is 1.88 bits per heavy atom. The molecule has 0 amide bonds. The molecular formula is C14H22N2. The smallest absolute Gasteiger partial charge is 0.0306 e. The first-order valence-electron chi connectivity index (χ1n) is 6.40. The Balaban J connectivity index is 1.69. The van der Waals surface area contributed by atoms with Gasteiger partial charge in [-0.05, 0) is 31.4 Å². The predicted molar refractivity (Wildman–Crippen MR) is 68.2 cm³/mol. The Bertz CT molecular complexity index is 291. The zero-order valence-electron chi connectivity index (χ0n) is 9.86. The molecule has 0 aliphatic heterocycles. The maximum atomic E-state index is 6.14. The van der Waals surface area contributed by atoms with Crippen molar-refractivity contribution in [2.75, 3.05) is 6.54 Å². The number of benzene rings is 1. The molecule has 1 atom stereocenters. The van der Waals surface area contributed by atoms with Gasteiger partial charge < -0.3 is 11.1 Å². The molecule has 2 rings (SSSR count). The average Bonchev–Trinajstić information content (AvgIpc) is 2.83. The summed E-state index contributed by atoms with van der Waals surface area (Å²) in [5.41, 5.74) is 7.39. The molecule has 1 unspecified atom stereocenters. The summed E-state index contributed by atoms with van der Waals surface area (Å²) in [7, 11) is 0. The highest BCUT2D eigenvalue weighted by molar-refractivity contribution is 5.18. The number of nitrogens with two attached hydrogens (primary N) is 1. The second-order valence-corrected chi connectivity index (χ2v) is 4.74. The van der Waals surface area contributed by atoms with Crippen LogP contribution in [0.3, 0.4) is 0 Å². The van der Waals surface area contributed by atoms with Crippen molar-refractivity contribution in [3.05, 3.63) is 35.9 Å². The quantitative estimate of drug-likeness (QED) is 0.797. The van der Waals surface area contributed by atoms with Crippen molar-refractivity contribution >= 4 is 0 Å². The van der Waals surface area contributed by atoms with E-state index >= 15 is 0 Å². The van der Waals surface area contributed by atoms with Crippen LogP contribution in [0.5, 0.6) is 0 Å². The summed E-state index contributed by atoms with van der Waals surface area (Å²) in [6.07, 6.45) is 6.51. The first kappa shape index (κ1) is 11.6. The van der Waals surface area contributed by atoms with Gasteiger partial charge in [-0.1, -0.05) is 43.2 Å². The van der Waals surface area contributed by atoms with Crippen LogP contribution in [-0.2, 0) is 0 Å². The molecule has 3 N–H and O–H groups in total. The monoisotopic (exact) mass is 218 g/mol. The van der Waals surface area contributed by atoms with Crippen LogP contribution in [0.2, 0.25) is 0 Å². The Labute approximate surface area is 98.2 Å². The van der Waals surface area contributed by atoms with E-state index in [9.17, 15) is 0 Å². The van der Waals surface area contributed by atoms with Crippen LogP contribution in [0.25, 0.3) is 0 Å². The molecule has 0 radical (unpaired) electrons. The van der Waals surface area contributed by atoms with Crippen molar-refractivity contribution in [2.45, 2.75) is 44.2 Å². The molecule has 1 aliphatic carbocycles. The van der Waals surface area contributed by atoms with Gasteiger partial charge in [-0.25, -0.2) is 0 Å². The van der Waals surface area contributed by atoms with Gasteiger partial charge in [0, 0.05) is 12.1 Å². The van der Waals surface area contributed by atoms with E-state index in [-0.39, 0.29) is 6.04 Å². The Kier molecular flexibility index (Phi) is 4.37. The lowest BCUT2D eigenvalue weighted by Crippen LogP contribution is -2.29. The summed E-state index contributed by atoms with van der Waals surface area (Å²) in [5, 5.41) is 3.60. The first-order valence-corrected chi connectivity index (χ1v) is 6.40. The average molecular weight is 218 g/mol. The summed E-state index contributed by atoms with van der Waals surface area (Å²) >= 11 is 0. The van der Waals surface area contributed by atoms with Crippen LogP contribution < -0.4 is 11.1 Å². The fraction of sp³-hybridized carbons (Fsp3) is 0.571. The lowest BCUT2D eigenvalue weighted by atomic mass is 10.0. The van der Waals surface area contributed by atoms with Crippen LogP contribution in [0.4, 0.5) is 0 Å². The molecule has 1 aromatic rings. The summed E-state index contributed by atoms with van der Waals surface area (Å²) in [6.45, 7) is 1.04. The molecular weight excluding hydrogens is 196 g/mol. The third-order valence-electron chi connectivity index (χ3n) is 3.47. The Hall–Kier alpha value is -0.860. The predicted octanol–water partition coefficient (Wildman–Crippen LogP) is 2.61. The molecule has 1 aromatic carbocycles. The normalized spacial score (nSPS) is 18.8. The molecule has 1 fully saturated rings. The van der Waals surface area contributed by atoms with Gasteiger partial charge in [-0.2, -0.15) is 0 Å². The van der Waals surface area contributed by atoms with Gasteiger partial charge >= 0.3 is 0 Å². The third-order valence-corrected chi connectivity index (χ3v) is 3.47. The van der Waals surface area contributed by atoms with E-state index in [0.717, 1.165) is 19.0 Å². The van der Waals surface area contributed by atoms with E-state index in [1.54, 1.807) is 0 Å². The van der Waals surface area contributed by atoms with Gasteiger partial charge in [0.1, 0.15) is 0 Å². The van der Waals surface area contributed by atoms with Crippen molar-refractivity contribution in [2.24, 2.45) is 5.73 Å². The second kappa shape index (κ2) is 6.02. The molecule has 0 aromatic heterocycles. The van der Waals surface area contributed by atoms with Crippen LogP contribution in [-0.4, -0.2) is 12.6 Å². The molecule has 2 nitrogen and oxygen atoms in total. The van der Waals surface area contributed by atoms with Crippen LogP contribution in [0.15, 0.2) is 30.3 Å². The zero-order valence-corrected chi connectivity index (χ0v) is 9.86. The summed E-state index contributed by atoms with van der Waals surface area (Å²) in [5.74, 6) is 0. The van der Waals surface area contributed by atoms with E-state index in [1.165, 1.54) is 31.2 Å². The molecule has 1 aliphatic rings. The molecule has 0 spiro atoms. The number of hydrogen-bond donors (Lipinski definition) is 2. The molecule has 1 saturated carbocycles. The molecule has 0 bridgehead atoms. The molecule has 2 heteroatoms. The van der Waals surface area contributed by atoms with Gasteiger partial charge in [0.2, 0.25) is 0 Å². The molecule has 0 saturated heterocycles. The summed E-state index contributed by atoms with van der Waals surface area (Å²) in [4.78, 5) is 0. The summed E-state index contributed by atoms with van der Waals surface area (Å²) in [6, 6.07) is 11.3. The lowest BCUT2D eigenvalue weighted by molar-refractivity contribution is 0.492. The van der Waals surface area contributed by atoms with E-state index in [1.807, 2.05) is 6.07 Å². The fourth-order valence-electron chi connectivity index (χ4n) is 2.44. The van der Waals surface area contributed by atoms with Crippen LogP contribution >= 0.6 is 0 Å². The standard InChI is InChI=1S/C14H22N2/c15-14(12-6-2-1-3-7-12)10-11-16-13-8-4-5-9-13/h1-3,6-7,13-14,16H,4-5,8-11,15H2. The molecule has 16 heavy (non-hydrogen) atoms. The maximum absolute atomic E-state index is 6.14. The van der Waals surface area contributed by atoms with Gasteiger partial charge in [-0.3, -0.25) is 0 Å². The lowest BCUT2D eigenvalue weighted by Gasteiger charge is -2.15. The van der Waals surface area contributed by atoms with E-state index in [2.05, 4.69) is 29.6 Å². The second-order valence-electron chi connectivity index (χ2n) is 4.74.